The highest BCUT2D eigenvalue weighted by molar-refractivity contribution is 7.21. The predicted molar refractivity (Wildman–Crippen MR) is 108 cm³/mol. The van der Waals surface area contributed by atoms with Crippen molar-refractivity contribution >= 4 is 39.3 Å². The van der Waals surface area contributed by atoms with Gasteiger partial charge in [-0.05, 0) is 43.5 Å². The number of nitrogens with one attached hydrogen (secondary N) is 1. The third-order valence-corrected chi connectivity index (χ3v) is 5.62. The monoisotopic (exact) mass is 364 g/mol. The van der Waals surface area contributed by atoms with Crippen LogP contribution in [0.25, 0.3) is 26.5 Å². The molecule has 7 heteroatoms. The number of rotatable bonds is 4. The third-order valence-electron chi connectivity index (χ3n) is 4.56. The Morgan fingerprint density at radius 2 is 1.96 bits per heavy atom. The van der Waals surface area contributed by atoms with Gasteiger partial charge in [-0.25, -0.2) is 15.0 Å². The van der Waals surface area contributed by atoms with Crippen LogP contribution in [-0.4, -0.2) is 34.3 Å². The normalized spacial score (nSPS) is 15.4. The van der Waals surface area contributed by atoms with Gasteiger partial charge in [-0.15, -0.1) is 11.3 Å². The lowest BCUT2D eigenvalue weighted by molar-refractivity contribution is 0.573. The van der Waals surface area contributed by atoms with Gasteiger partial charge in [0.15, 0.2) is 5.65 Å². The number of anilines is 1. The van der Waals surface area contributed by atoms with E-state index in [1.54, 1.807) is 11.3 Å². The summed E-state index contributed by atoms with van der Waals surface area (Å²) in [6.07, 6.45) is 8.27. The van der Waals surface area contributed by atoms with Crippen LogP contribution in [0.5, 0.6) is 0 Å². The van der Waals surface area contributed by atoms with Gasteiger partial charge in [-0.3, -0.25) is 0 Å². The Kier molecular flexibility index (Phi) is 4.62. The number of fused-ring (bicyclic) bond motifs is 1. The van der Waals surface area contributed by atoms with Gasteiger partial charge in [-0.2, -0.15) is 0 Å². The average molecular weight is 364 g/mol. The van der Waals surface area contributed by atoms with Crippen LogP contribution in [0.3, 0.4) is 0 Å². The minimum Gasteiger partial charge on any atom is -0.404 e. The zero-order valence-corrected chi connectivity index (χ0v) is 15.2. The fraction of sp³-hybridized carbons (Fsp3) is 0.263. The minimum absolute atomic E-state index is 0.578. The second kappa shape index (κ2) is 7.21. The van der Waals surface area contributed by atoms with Crippen molar-refractivity contribution in [3.05, 3.63) is 42.4 Å². The fourth-order valence-electron chi connectivity index (χ4n) is 3.13. The van der Waals surface area contributed by atoms with Crippen LogP contribution in [0.1, 0.15) is 25.0 Å². The van der Waals surface area contributed by atoms with Crippen LogP contribution in [0.2, 0.25) is 0 Å². The van der Waals surface area contributed by atoms with E-state index in [4.69, 9.17) is 11.1 Å². The molecule has 0 radical (unpaired) electrons. The number of piperidine rings is 1. The van der Waals surface area contributed by atoms with E-state index in [0.717, 1.165) is 34.2 Å². The van der Waals surface area contributed by atoms with Crippen molar-refractivity contribution in [2.75, 3.05) is 18.0 Å². The van der Waals surface area contributed by atoms with E-state index in [2.05, 4.69) is 32.0 Å². The van der Waals surface area contributed by atoms with Crippen LogP contribution in [0.4, 0.5) is 5.82 Å². The Morgan fingerprint density at radius 3 is 2.65 bits per heavy atom. The first-order valence-corrected chi connectivity index (χ1v) is 9.52. The highest BCUT2D eigenvalue weighted by Crippen LogP contribution is 2.30. The SMILES string of the molecule is N=CC(=CN)c1ccc2sc(-c3ccc(N4CCCCC4)nc3)nc2n1. The van der Waals surface area contributed by atoms with Crippen molar-refractivity contribution < 1.29 is 0 Å². The quantitative estimate of drug-likeness (QED) is 0.689. The Bertz CT molecular complexity index is 954. The molecule has 4 heterocycles. The summed E-state index contributed by atoms with van der Waals surface area (Å²) in [5.41, 5.74) is 8.45. The summed E-state index contributed by atoms with van der Waals surface area (Å²) in [6, 6.07) is 8.00. The molecule has 0 aromatic carbocycles. The first-order valence-electron chi connectivity index (χ1n) is 8.70. The number of thiazole rings is 1. The van der Waals surface area contributed by atoms with E-state index in [1.807, 2.05) is 18.3 Å². The Morgan fingerprint density at radius 1 is 1.12 bits per heavy atom. The summed E-state index contributed by atoms with van der Waals surface area (Å²) < 4.78 is 1.00. The van der Waals surface area contributed by atoms with Crippen molar-refractivity contribution in [1.82, 2.24) is 15.0 Å². The number of nitrogens with two attached hydrogens (primary N) is 1. The van der Waals surface area contributed by atoms with Gasteiger partial charge in [0.05, 0.1) is 10.4 Å². The molecule has 3 aromatic heterocycles. The highest BCUT2D eigenvalue weighted by Gasteiger charge is 2.13. The van der Waals surface area contributed by atoms with E-state index in [1.165, 1.54) is 31.7 Å². The zero-order chi connectivity index (χ0) is 17.9. The standard InChI is InChI=1S/C19H20N6S/c20-10-14(11-21)15-5-6-16-18(23-15)24-19(26-16)13-4-7-17(22-12-13)25-8-2-1-3-9-25/h4-7,10-12,20H,1-3,8-9,21H2. The summed E-state index contributed by atoms with van der Waals surface area (Å²) in [5.74, 6) is 1.04. The maximum absolute atomic E-state index is 7.41. The molecule has 0 saturated carbocycles. The van der Waals surface area contributed by atoms with E-state index in [-0.39, 0.29) is 0 Å². The molecule has 0 amide bonds. The molecule has 1 aliphatic heterocycles. The lowest BCUT2D eigenvalue weighted by atomic mass is 10.1. The minimum atomic E-state index is 0.578. The summed E-state index contributed by atoms with van der Waals surface area (Å²) in [5, 5.41) is 8.30. The van der Waals surface area contributed by atoms with Gasteiger partial charge in [0.1, 0.15) is 10.8 Å². The predicted octanol–water partition coefficient (Wildman–Crippen LogP) is 3.69. The average Bonchev–Trinajstić information content (AvgIpc) is 3.13. The van der Waals surface area contributed by atoms with Gasteiger partial charge < -0.3 is 16.0 Å². The van der Waals surface area contributed by atoms with Gasteiger partial charge >= 0.3 is 0 Å². The molecular formula is C19H20N6S. The molecule has 132 valence electrons. The molecular weight excluding hydrogens is 344 g/mol. The molecule has 0 atom stereocenters. The molecule has 3 aromatic rings. The van der Waals surface area contributed by atoms with Crippen LogP contribution in [0.15, 0.2) is 36.7 Å². The number of hydrogen-bond donors (Lipinski definition) is 2. The summed E-state index contributed by atoms with van der Waals surface area (Å²) in [7, 11) is 0. The van der Waals surface area contributed by atoms with Crippen molar-refractivity contribution in [1.29, 1.82) is 5.41 Å². The maximum atomic E-state index is 7.41. The van der Waals surface area contributed by atoms with Crippen LogP contribution in [0, 0.1) is 5.41 Å². The van der Waals surface area contributed by atoms with Crippen molar-refractivity contribution in [2.24, 2.45) is 5.73 Å². The van der Waals surface area contributed by atoms with E-state index >= 15 is 0 Å². The Labute approximate surface area is 155 Å². The molecule has 4 rings (SSSR count). The summed E-state index contributed by atoms with van der Waals surface area (Å²) in [6.45, 7) is 2.17. The first kappa shape index (κ1) is 16.7. The van der Waals surface area contributed by atoms with Crippen LogP contribution < -0.4 is 10.6 Å². The Hall–Kier alpha value is -2.80. The van der Waals surface area contributed by atoms with E-state index in [9.17, 15) is 0 Å². The molecule has 1 aliphatic rings. The van der Waals surface area contributed by atoms with Gasteiger partial charge in [-0.1, -0.05) is 0 Å². The van der Waals surface area contributed by atoms with Gasteiger partial charge in [0.25, 0.3) is 0 Å². The second-order valence-electron chi connectivity index (χ2n) is 6.26. The smallest absolute Gasteiger partial charge is 0.171 e. The Balaban J connectivity index is 1.63. The molecule has 3 N–H and O–H groups in total. The number of pyridine rings is 2. The van der Waals surface area contributed by atoms with Crippen molar-refractivity contribution in [3.8, 4) is 10.6 Å². The number of aromatic nitrogens is 3. The lowest BCUT2D eigenvalue weighted by Crippen LogP contribution is -2.29. The first-order chi connectivity index (χ1) is 12.8. The number of allylic oxidation sites excluding steroid dienone is 1. The van der Waals surface area contributed by atoms with E-state index < -0.39 is 0 Å². The molecule has 26 heavy (non-hydrogen) atoms. The van der Waals surface area contributed by atoms with Gasteiger partial charge in [0.2, 0.25) is 0 Å². The zero-order valence-electron chi connectivity index (χ0n) is 14.4. The van der Waals surface area contributed by atoms with Crippen molar-refractivity contribution in [3.63, 3.8) is 0 Å². The summed E-state index contributed by atoms with van der Waals surface area (Å²) in [4.78, 5) is 16.2. The molecule has 0 spiro atoms. The highest BCUT2D eigenvalue weighted by atomic mass is 32.1. The topological polar surface area (TPSA) is 91.8 Å². The fourth-order valence-corrected chi connectivity index (χ4v) is 4.03. The largest absolute Gasteiger partial charge is 0.404 e. The van der Waals surface area contributed by atoms with Gasteiger partial charge in [0, 0.05) is 42.8 Å². The lowest BCUT2D eigenvalue weighted by Gasteiger charge is -2.27. The molecule has 6 nitrogen and oxygen atoms in total. The second-order valence-corrected chi connectivity index (χ2v) is 7.29. The molecule has 1 fully saturated rings. The molecule has 0 bridgehead atoms. The molecule has 0 unspecified atom stereocenters. The molecule has 0 aliphatic carbocycles. The summed E-state index contributed by atoms with van der Waals surface area (Å²) >= 11 is 1.59. The van der Waals surface area contributed by atoms with Crippen molar-refractivity contribution in [2.45, 2.75) is 19.3 Å². The molecule has 1 saturated heterocycles. The van der Waals surface area contributed by atoms with Crippen LogP contribution >= 0.6 is 11.3 Å². The number of nitrogens with zero attached hydrogens (tertiary/aromatic N) is 4. The third kappa shape index (κ3) is 3.17. The maximum Gasteiger partial charge on any atom is 0.171 e. The number of hydrogen-bond acceptors (Lipinski definition) is 7. The van der Waals surface area contributed by atoms with Crippen LogP contribution in [-0.2, 0) is 0 Å². The van der Waals surface area contributed by atoms with E-state index in [0.29, 0.717) is 16.9 Å².